The maximum Gasteiger partial charge on any atom is 0.296 e. The fourth-order valence-corrected chi connectivity index (χ4v) is 1.87. The van der Waals surface area contributed by atoms with Gasteiger partial charge in [-0.1, -0.05) is 0 Å². The predicted molar refractivity (Wildman–Crippen MR) is 74.0 cm³/mol. The van der Waals surface area contributed by atoms with E-state index in [9.17, 15) is 4.79 Å². The number of fused-ring (bicyclic) bond motifs is 1. The van der Waals surface area contributed by atoms with Gasteiger partial charge in [0.05, 0.1) is 6.21 Å². The van der Waals surface area contributed by atoms with Gasteiger partial charge in [-0.15, -0.1) is 0 Å². The SMILES string of the molecule is Cc1n[nH]c(=S)n(N=Cc2ccc3c(c2)OCO3)c1=O. The van der Waals surface area contributed by atoms with E-state index in [2.05, 4.69) is 15.3 Å². The molecule has 1 N–H and O–H groups in total. The minimum atomic E-state index is -0.356. The average molecular weight is 290 g/mol. The number of rotatable bonds is 2. The highest BCUT2D eigenvalue weighted by Gasteiger charge is 2.12. The Morgan fingerprint density at radius 2 is 2.25 bits per heavy atom. The largest absolute Gasteiger partial charge is 0.454 e. The number of benzene rings is 1. The van der Waals surface area contributed by atoms with Crippen molar-refractivity contribution in [3.63, 3.8) is 0 Å². The van der Waals surface area contributed by atoms with E-state index >= 15 is 0 Å². The van der Waals surface area contributed by atoms with Crippen molar-refractivity contribution >= 4 is 18.4 Å². The normalized spacial score (nSPS) is 13.1. The fraction of sp³-hybridized carbons (Fsp3) is 0.167. The van der Waals surface area contributed by atoms with E-state index < -0.39 is 0 Å². The third-order valence-electron chi connectivity index (χ3n) is 2.73. The van der Waals surface area contributed by atoms with Crippen LogP contribution in [0.5, 0.6) is 11.5 Å². The van der Waals surface area contributed by atoms with Crippen LogP contribution in [-0.2, 0) is 0 Å². The van der Waals surface area contributed by atoms with Crippen molar-refractivity contribution < 1.29 is 9.47 Å². The molecule has 20 heavy (non-hydrogen) atoms. The first kappa shape index (κ1) is 12.5. The van der Waals surface area contributed by atoms with Gasteiger partial charge in [-0.05, 0) is 42.9 Å². The molecule has 2 aromatic rings. The third kappa shape index (κ3) is 2.21. The molecule has 102 valence electrons. The molecule has 0 saturated carbocycles. The minimum absolute atomic E-state index is 0.137. The molecule has 8 heteroatoms. The Morgan fingerprint density at radius 3 is 3.10 bits per heavy atom. The van der Waals surface area contributed by atoms with Crippen molar-refractivity contribution in [1.29, 1.82) is 0 Å². The summed E-state index contributed by atoms with van der Waals surface area (Å²) in [5, 5.41) is 10.4. The Morgan fingerprint density at radius 1 is 1.45 bits per heavy atom. The Bertz CT molecular complexity index is 809. The number of hydrogen-bond donors (Lipinski definition) is 1. The zero-order chi connectivity index (χ0) is 14.1. The van der Waals surface area contributed by atoms with Crippen molar-refractivity contribution in [2.75, 3.05) is 6.79 Å². The van der Waals surface area contributed by atoms with Gasteiger partial charge in [0.2, 0.25) is 11.6 Å². The van der Waals surface area contributed by atoms with Gasteiger partial charge < -0.3 is 9.47 Å². The van der Waals surface area contributed by atoms with Crippen LogP contribution in [0.4, 0.5) is 0 Å². The number of aromatic amines is 1. The van der Waals surface area contributed by atoms with Crippen LogP contribution < -0.4 is 15.0 Å². The molecule has 7 nitrogen and oxygen atoms in total. The highest BCUT2D eigenvalue weighted by molar-refractivity contribution is 7.71. The molecule has 0 radical (unpaired) electrons. The number of ether oxygens (including phenoxy) is 2. The summed E-state index contributed by atoms with van der Waals surface area (Å²) in [6.07, 6.45) is 1.52. The lowest BCUT2D eigenvalue weighted by Gasteiger charge is -2.00. The van der Waals surface area contributed by atoms with Gasteiger partial charge in [-0.25, -0.2) is 0 Å². The number of H-pyrrole nitrogens is 1. The van der Waals surface area contributed by atoms with Gasteiger partial charge in [-0.2, -0.15) is 14.9 Å². The molecule has 1 aromatic heterocycles. The molecular formula is C12H10N4O3S. The number of nitrogens with one attached hydrogen (secondary N) is 1. The van der Waals surface area contributed by atoms with Gasteiger partial charge in [-0.3, -0.25) is 9.89 Å². The molecule has 0 aliphatic carbocycles. The average Bonchev–Trinajstić information content (AvgIpc) is 2.90. The molecule has 2 heterocycles. The molecule has 1 aliphatic heterocycles. The lowest BCUT2D eigenvalue weighted by atomic mass is 10.2. The van der Waals surface area contributed by atoms with Crippen LogP contribution in [0.3, 0.4) is 0 Å². The Hall–Kier alpha value is -2.48. The van der Waals surface area contributed by atoms with Crippen molar-refractivity contribution in [2.45, 2.75) is 6.92 Å². The van der Waals surface area contributed by atoms with E-state index in [1.54, 1.807) is 19.1 Å². The standard InChI is InChI=1S/C12H10N4O3S/c1-7-11(17)16(12(20)15-14-7)13-5-8-2-3-9-10(4-8)19-6-18-9/h2-5H,6H2,1H3,(H,15,20). The Kier molecular flexibility index (Phi) is 3.07. The number of nitrogens with zero attached hydrogens (tertiary/aromatic N) is 3. The van der Waals surface area contributed by atoms with E-state index in [1.165, 1.54) is 6.21 Å². The van der Waals surface area contributed by atoms with Gasteiger partial charge in [0.1, 0.15) is 5.69 Å². The number of aryl methyl sites for hydroxylation is 1. The molecule has 0 saturated heterocycles. The van der Waals surface area contributed by atoms with Crippen LogP contribution in [0, 0.1) is 11.7 Å². The first-order chi connectivity index (χ1) is 9.65. The van der Waals surface area contributed by atoms with Crippen LogP contribution in [-0.4, -0.2) is 27.9 Å². The van der Waals surface area contributed by atoms with Crippen molar-refractivity contribution in [2.24, 2.45) is 5.10 Å². The molecule has 0 bridgehead atoms. The second kappa shape index (κ2) is 4.89. The number of hydrogen-bond acceptors (Lipinski definition) is 6. The maximum atomic E-state index is 11.9. The van der Waals surface area contributed by atoms with E-state index in [1.807, 2.05) is 6.07 Å². The molecule has 0 fully saturated rings. The lowest BCUT2D eigenvalue weighted by molar-refractivity contribution is 0.174. The van der Waals surface area contributed by atoms with Crippen LogP contribution in [0.2, 0.25) is 0 Å². The summed E-state index contributed by atoms with van der Waals surface area (Å²) in [5.41, 5.74) is 0.706. The van der Waals surface area contributed by atoms with Gasteiger partial charge >= 0.3 is 0 Å². The fourth-order valence-electron chi connectivity index (χ4n) is 1.70. The summed E-state index contributed by atoms with van der Waals surface area (Å²) in [6.45, 7) is 1.80. The first-order valence-corrected chi connectivity index (χ1v) is 6.18. The molecule has 0 spiro atoms. The summed E-state index contributed by atoms with van der Waals surface area (Å²) in [5.74, 6) is 1.34. The van der Waals surface area contributed by atoms with Crippen LogP contribution >= 0.6 is 12.2 Å². The summed E-state index contributed by atoms with van der Waals surface area (Å²) in [7, 11) is 0. The zero-order valence-electron chi connectivity index (χ0n) is 10.5. The molecule has 3 rings (SSSR count). The third-order valence-corrected chi connectivity index (χ3v) is 3.00. The monoisotopic (exact) mass is 290 g/mol. The smallest absolute Gasteiger partial charge is 0.296 e. The minimum Gasteiger partial charge on any atom is -0.454 e. The summed E-state index contributed by atoms with van der Waals surface area (Å²) in [4.78, 5) is 11.9. The summed E-state index contributed by atoms with van der Waals surface area (Å²) >= 11 is 4.98. The van der Waals surface area contributed by atoms with Crippen molar-refractivity contribution in [3.8, 4) is 11.5 Å². The van der Waals surface area contributed by atoms with Crippen LogP contribution in [0.1, 0.15) is 11.3 Å². The van der Waals surface area contributed by atoms with Crippen LogP contribution in [0.25, 0.3) is 0 Å². The molecule has 1 aliphatic rings. The Labute approximate surface area is 118 Å². The molecule has 0 unspecified atom stereocenters. The van der Waals surface area contributed by atoms with Gasteiger partial charge in [0.15, 0.2) is 11.5 Å². The second-order valence-corrected chi connectivity index (χ2v) is 4.48. The van der Waals surface area contributed by atoms with Crippen molar-refractivity contribution in [1.82, 2.24) is 14.9 Å². The van der Waals surface area contributed by atoms with Gasteiger partial charge in [0, 0.05) is 0 Å². The molecular weight excluding hydrogens is 280 g/mol. The van der Waals surface area contributed by atoms with E-state index in [4.69, 9.17) is 21.7 Å². The number of aromatic nitrogens is 3. The van der Waals surface area contributed by atoms with E-state index in [-0.39, 0.29) is 17.1 Å². The van der Waals surface area contributed by atoms with Crippen molar-refractivity contribution in [3.05, 3.63) is 44.6 Å². The summed E-state index contributed by atoms with van der Waals surface area (Å²) < 4.78 is 11.7. The Balaban J connectivity index is 1.97. The highest BCUT2D eigenvalue weighted by atomic mass is 32.1. The quantitative estimate of drug-likeness (QED) is 0.664. The van der Waals surface area contributed by atoms with E-state index in [0.717, 1.165) is 10.2 Å². The molecule has 0 atom stereocenters. The highest BCUT2D eigenvalue weighted by Crippen LogP contribution is 2.31. The predicted octanol–water partition coefficient (Wildman–Crippen LogP) is 1.22. The van der Waals surface area contributed by atoms with Gasteiger partial charge in [0.25, 0.3) is 5.56 Å². The topological polar surface area (TPSA) is 81.5 Å². The first-order valence-electron chi connectivity index (χ1n) is 5.77. The molecule has 0 amide bonds. The van der Waals surface area contributed by atoms with Crippen LogP contribution in [0.15, 0.2) is 28.1 Å². The second-order valence-electron chi connectivity index (χ2n) is 4.09. The summed E-state index contributed by atoms with van der Waals surface area (Å²) in [6, 6.07) is 5.37. The van der Waals surface area contributed by atoms with E-state index in [0.29, 0.717) is 17.2 Å². The zero-order valence-corrected chi connectivity index (χ0v) is 11.3. The molecule has 1 aromatic carbocycles. The maximum absolute atomic E-state index is 11.9. The lowest BCUT2D eigenvalue weighted by Crippen LogP contribution is -2.22.